The molecule has 0 amide bonds. The fraction of sp³-hybridized carbons (Fsp3) is 0.600. The minimum Gasteiger partial charge on any atom is -0.410 e. The lowest BCUT2D eigenvalue weighted by Gasteiger charge is -2.35. The van der Waals surface area contributed by atoms with E-state index in [1.807, 2.05) is 12.3 Å². The number of nitrogens with zero attached hydrogens (tertiary/aromatic N) is 2. The summed E-state index contributed by atoms with van der Waals surface area (Å²) in [6.45, 7) is 11.9. The Morgan fingerprint density at radius 1 is 1.33 bits per heavy atom. The van der Waals surface area contributed by atoms with Gasteiger partial charge in [-0.05, 0) is 24.2 Å². The van der Waals surface area contributed by atoms with Gasteiger partial charge in [-0.3, -0.25) is 4.99 Å². The Labute approximate surface area is 132 Å². The second-order valence-electron chi connectivity index (χ2n) is 6.91. The molecule has 0 radical (unpaired) electrons. The Morgan fingerprint density at radius 3 is 2.62 bits per heavy atom. The van der Waals surface area contributed by atoms with Crippen molar-refractivity contribution in [2.75, 3.05) is 0 Å². The van der Waals surface area contributed by atoms with Gasteiger partial charge in [-0.2, -0.15) is 0 Å². The number of rotatable bonds is 4. The lowest BCUT2D eigenvalue weighted by atomic mass is 10.1. The zero-order valence-electron chi connectivity index (χ0n) is 13.5. The van der Waals surface area contributed by atoms with Crippen molar-refractivity contribution < 1.29 is 4.43 Å². The number of aromatic nitrogens is 1. The molecule has 6 heteroatoms. The van der Waals surface area contributed by atoms with Crippen molar-refractivity contribution in [2.24, 2.45) is 10.7 Å². The Kier molecular flexibility index (Phi) is 4.82. The van der Waals surface area contributed by atoms with Gasteiger partial charge in [0.2, 0.25) is 0 Å². The van der Waals surface area contributed by atoms with Crippen LogP contribution in [0.2, 0.25) is 18.1 Å². The lowest BCUT2D eigenvalue weighted by molar-refractivity contribution is 0.275. The molecular weight excluding hydrogens is 298 g/mol. The Hall–Kier alpha value is -0.823. The van der Waals surface area contributed by atoms with Crippen LogP contribution in [0.15, 0.2) is 22.5 Å². The number of hydrogen-bond acceptors (Lipinski definition) is 5. The van der Waals surface area contributed by atoms with Gasteiger partial charge in [0.25, 0.3) is 0 Å². The van der Waals surface area contributed by atoms with Crippen LogP contribution in [0.4, 0.5) is 0 Å². The van der Waals surface area contributed by atoms with E-state index in [0.29, 0.717) is 6.61 Å². The molecule has 0 saturated carbocycles. The van der Waals surface area contributed by atoms with Crippen molar-refractivity contribution >= 4 is 25.9 Å². The van der Waals surface area contributed by atoms with E-state index < -0.39 is 8.32 Å². The van der Waals surface area contributed by atoms with Crippen molar-refractivity contribution in [1.82, 2.24) is 4.98 Å². The Bertz CT molecular complexity index is 531. The van der Waals surface area contributed by atoms with E-state index in [0.717, 1.165) is 10.7 Å². The summed E-state index contributed by atoms with van der Waals surface area (Å²) in [5.74, 6) is 0.141. The maximum absolute atomic E-state index is 6.21. The SMILES string of the molecule is CC(C)(C)[Si](C)(C)OCc1nc(C2C=CC(N)N=C2)cs1. The fourth-order valence-corrected chi connectivity index (χ4v) is 3.49. The zero-order chi connectivity index (χ0) is 15.7. The highest BCUT2D eigenvalue weighted by molar-refractivity contribution is 7.09. The van der Waals surface area contributed by atoms with Gasteiger partial charge in [0.05, 0.1) is 18.2 Å². The molecule has 0 aromatic carbocycles. The molecule has 116 valence electrons. The summed E-state index contributed by atoms with van der Waals surface area (Å²) in [5, 5.41) is 3.34. The van der Waals surface area contributed by atoms with Gasteiger partial charge in [-0.15, -0.1) is 11.3 Å². The van der Waals surface area contributed by atoms with E-state index in [-0.39, 0.29) is 17.1 Å². The van der Waals surface area contributed by atoms with E-state index in [2.05, 4.69) is 55.3 Å². The molecule has 2 unspecified atom stereocenters. The highest BCUT2D eigenvalue weighted by Gasteiger charge is 2.37. The molecule has 0 aliphatic carbocycles. The molecule has 2 atom stereocenters. The molecule has 2 rings (SSSR count). The van der Waals surface area contributed by atoms with Crippen LogP contribution in [0, 0.1) is 0 Å². The number of dihydropyridines is 1. The predicted octanol–water partition coefficient (Wildman–Crippen LogP) is 3.67. The molecule has 1 aliphatic heterocycles. The zero-order valence-corrected chi connectivity index (χ0v) is 15.3. The van der Waals surface area contributed by atoms with Crippen LogP contribution in [0.25, 0.3) is 0 Å². The quantitative estimate of drug-likeness (QED) is 0.679. The lowest BCUT2D eigenvalue weighted by Crippen LogP contribution is -2.40. The highest BCUT2D eigenvalue weighted by atomic mass is 32.1. The summed E-state index contributed by atoms with van der Waals surface area (Å²) in [6.07, 6.45) is 5.64. The number of aliphatic imine (C=N–C) groups is 1. The van der Waals surface area contributed by atoms with Gasteiger partial charge in [0.1, 0.15) is 11.2 Å². The summed E-state index contributed by atoms with van der Waals surface area (Å²) in [4.78, 5) is 8.90. The first kappa shape index (κ1) is 16.5. The summed E-state index contributed by atoms with van der Waals surface area (Å²) in [5.41, 5.74) is 6.73. The smallest absolute Gasteiger partial charge is 0.192 e. The van der Waals surface area contributed by atoms with Gasteiger partial charge < -0.3 is 10.2 Å². The van der Waals surface area contributed by atoms with Crippen molar-refractivity contribution in [2.45, 2.75) is 57.6 Å². The summed E-state index contributed by atoms with van der Waals surface area (Å²) < 4.78 is 6.21. The van der Waals surface area contributed by atoms with Crippen molar-refractivity contribution in [3.8, 4) is 0 Å². The van der Waals surface area contributed by atoms with Crippen LogP contribution in [0.5, 0.6) is 0 Å². The third-order valence-corrected chi connectivity index (χ3v) is 9.53. The highest BCUT2D eigenvalue weighted by Crippen LogP contribution is 2.37. The van der Waals surface area contributed by atoms with Crippen LogP contribution in [0.1, 0.15) is 37.4 Å². The normalized spacial score (nSPS) is 22.8. The molecule has 1 aliphatic rings. The molecule has 1 aromatic rings. The van der Waals surface area contributed by atoms with E-state index >= 15 is 0 Å². The van der Waals surface area contributed by atoms with Crippen molar-refractivity contribution in [3.63, 3.8) is 0 Å². The standard InChI is InChI=1S/C15H25N3OSSi/c1-15(2,3)21(4,5)19-9-14-18-12(10-20-14)11-6-7-13(16)17-8-11/h6-8,10-11,13H,9,16H2,1-5H3. The third kappa shape index (κ3) is 4.09. The molecule has 2 N–H and O–H groups in total. The molecule has 2 heterocycles. The minimum absolute atomic E-state index is 0.141. The Balaban J connectivity index is 1.98. The number of nitrogens with two attached hydrogens (primary N) is 1. The monoisotopic (exact) mass is 323 g/mol. The van der Waals surface area contributed by atoms with Gasteiger partial charge in [0.15, 0.2) is 8.32 Å². The van der Waals surface area contributed by atoms with Crippen LogP contribution in [0.3, 0.4) is 0 Å². The second kappa shape index (κ2) is 6.12. The third-order valence-electron chi connectivity index (χ3n) is 4.21. The molecular formula is C15H25N3OSSi. The topological polar surface area (TPSA) is 60.5 Å². The second-order valence-corrected chi connectivity index (χ2v) is 12.7. The maximum Gasteiger partial charge on any atom is 0.192 e. The van der Waals surface area contributed by atoms with E-state index in [1.54, 1.807) is 11.3 Å². The fourth-order valence-electron chi connectivity index (χ4n) is 1.70. The van der Waals surface area contributed by atoms with E-state index in [9.17, 15) is 0 Å². The van der Waals surface area contributed by atoms with Crippen molar-refractivity contribution in [1.29, 1.82) is 0 Å². The molecule has 1 aromatic heterocycles. The van der Waals surface area contributed by atoms with Crippen LogP contribution in [-0.4, -0.2) is 25.7 Å². The Morgan fingerprint density at radius 2 is 2.05 bits per heavy atom. The summed E-state index contributed by atoms with van der Waals surface area (Å²) >= 11 is 1.65. The number of thiazole rings is 1. The number of hydrogen-bond donors (Lipinski definition) is 1. The first-order valence-corrected chi connectivity index (χ1v) is 11.0. The first-order valence-electron chi connectivity index (χ1n) is 7.24. The summed E-state index contributed by atoms with van der Waals surface area (Å²) in [7, 11) is -1.72. The maximum atomic E-state index is 6.21. The number of allylic oxidation sites excluding steroid dienone is 1. The van der Waals surface area contributed by atoms with Gasteiger partial charge in [0, 0.05) is 11.6 Å². The minimum atomic E-state index is -1.72. The van der Waals surface area contributed by atoms with Crippen LogP contribution < -0.4 is 5.73 Å². The predicted molar refractivity (Wildman–Crippen MR) is 92.4 cm³/mol. The van der Waals surface area contributed by atoms with E-state index in [1.165, 1.54) is 0 Å². The van der Waals surface area contributed by atoms with Crippen LogP contribution >= 0.6 is 11.3 Å². The molecule has 0 bridgehead atoms. The molecule has 0 spiro atoms. The first-order chi connectivity index (χ1) is 9.69. The van der Waals surface area contributed by atoms with Gasteiger partial charge in [-0.25, -0.2) is 4.98 Å². The van der Waals surface area contributed by atoms with Crippen LogP contribution in [-0.2, 0) is 11.0 Å². The van der Waals surface area contributed by atoms with Gasteiger partial charge >= 0.3 is 0 Å². The van der Waals surface area contributed by atoms with Gasteiger partial charge in [-0.1, -0.05) is 26.8 Å². The van der Waals surface area contributed by atoms with Crippen molar-refractivity contribution in [3.05, 3.63) is 28.2 Å². The molecule has 0 fully saturated rings. The largest absolute Gasteiger partial charge is 0.410 e. The molecule has 0 saturated heterocycles. The average Bonchev–Trinajstić information content (AvgIpc) is 2.85. The molecule has 4 nitrogen and oxygen atoms in total. The average molecular weight is 324 g/mol. The van der Waals surface area contributed by atoms with E-state index in [4.69, 9.17) is 10.2 Å². The summed E-state index contributed by atoms with van der Waals surface area (Å²) in [6, 6.07) is 0. The molecule has 21 heavy (non-hydrogen) atoms.